The summed E-state index contributed by atoms with van der Waals surface area (Å²) < 4.78 is 34.4. The van der Waals surface area contributed by atoms with Gasteiger partial charge in [0.25, 0.3) is 0 Å². The smallest absolute Gasteiger partial charge is 0.238 e. The largest absolute Gasteiger partial charge is 0.495 e. The van der Waals surface area contributed by atoms with Gasteiger partial charge in [0.15, 0.2) is 9.84 Å². The van der Waals surface area contributed by atoms with Crippen molar-refractivity contribution in [1.82, 2.24) is 4.90 Å². The van der Waals surface area contributed by atoms with Crippen LogP contribution in [0.15, 0.2) is 41.0 Å². The van der Waals surface area contributed by atoms with Gasteiger partial charge >= 0.3 is 0 Å². The summed E-state index contributed by atoms with van der Waals surface area (Å²) in [7, 11) is -1.51. The first-order valence-electron chi connectivity index (χ1n) is 8.77. The van der Waals surface area contributed by atoms with Gasteiger partial charge in [0.1, 0.15) is 11.5 Å². The van der Waals surface area contributed by atoms with Gasteiger partial charge in [-0.15, -0.1) is 0 Å². The Kier molecular flexibility index (Phi) is 5.86. The number of nitrogens with one attached hydrogen (secondary N) is 1. The number of nitrogens with zero attached hydrogens (tertiary/aromatic N) is 1. The normalized spacial score (nSPS) is 18.6. The molecule has 1 N–H and O–H groups in total. The monoisotopic (exact) mass is 392 g/mol. The van der Waals surface area contributed by atoms with Gasteiger partial charge in [-0.2, -0.15) is 0 Å². The highest BCUT2D eigenvalue weighted by molar-refractivity contribution is 7.91. The average molecular weight is 392 g/mol. The Morgan fingerprint density at radius 1 is 1.37 bits per heavy atom. The molecule has 1 aliphatic heterocycles. The van der Waals surface area contributed by atoms with Crippen LogP contribution in [0.2, 0.25) is 0 Å². The van der Waals surface area contributed by atoms with Crippen LogP contribution in [-0.2, 0) is 21.2 Å². The number of methoxy groups -OCH3 is 1. The molecule has 1 fully saturated rings. The molecule has 0 spiro atoms. The molecule has 1 aromatic carbocycles. The number of anilines is 1. The Bertz CT molecular complexity index is 893. The molecule has 0 bridgehead atoms. The lowest BCUT2D eigenvalue weighted by Gasteiger charge is -2.26. The standard InChI is InChI=1S/C19H24N2O5S/c1-14-5-6-18(25-2)17(10-14)20-19(22)12-21(11-16-4-3-8-26-16)15-7-9-27(23,24)13-15/h3-6,8,10,15H,7,9,11-13H2,1-2H3,(H,20,22)/t15-/m1/s1. The van der Waals surface area contributed by atoms with Crippen LogP contribution >= 0.6 is 0 Å². The lowest BCUT2D eigenvalue weighted by atomic mass is 10.2. The number of furan rings is 1. The number of carbonyl (C=O) groups excluding carboxylic acids is 1. The van der Waals surface area contributed by atoms with Crippen molar-refractivity contribution in [3.8, 4) is 5.75 Å². The van der Waals surface area contributed by atoms with Crippen LogP contribution in [-0.4, -0.2) is 50.4 Å². The number of benzene rings is 1. The molecule has 8 heteroatoms. The van der Waals surface area contributed by atoms with Gasteiger partial charge in [-0.05, 0) is 43.2 Å². The molecule has 3 rings (SSSR count). The van der Waals surface area contributed by atoms with Gasteiger partial charge < -0.3 is 14.5 Å². The molecule has 0 unspecified atom stereocenters. The Hall–Kier alpha value is -2.32. The lowest BCUT2D eigenvalue weighted by Crippen LogP contribution is -2.41. The zero-order chi connectivity index (χ0) is 19.4. The maximum Gasteiger partial charge on any atom is 0.238 e. The number of carbonyl (C=O) groups is 1. The van der Waals surface area contributed by atoms with Crippen LogP contribution in [0.1, 0.15) is 17.7 Å². The minimum atomic E-state index is -3.05. The minimum absolute atomic E-state index is 0.0642. The highest BCUT2D eigenvalue weighted by Crippen LogP contribution is 2.26. The fourth-order valence-corrected chi connectivity index (χ4v) is 5.04. The summed E-state index contributed by atoms with van der Waals surface area (Å²) in [5.41, 5.74) is 1.60. The number of aryl methyl sites for hydroxylation is 1. The van der Waals surface area contributed by atoms with Crippen LogP contribution in [0.5, 0.6) is 5.75 Å². The molecule has 1 aromatic heterocycles. The zero-order valence-corrected chi connectivity index (χ0v) is 16.3. The summed E-state index contributed by atoms with van der Waals surface area (Å²) >= 11 is 0. The van der Waals surface area contributed by atoms with E-state index in [0.717, 1.165) is 5.56 Å². The lowest BCUT2D eigenvalue weighted by molar-refractivity contribution is -0.118. The van der Waals surface area contributed by atoms with Crippen molar-refractivity contribution in [2.75, 3.05) is 30.5 Å². The molecule has 1 atom stereocenters. The minimum Gasteiger partial charge on any atom is -0.495 e. The third-order valence-electron chi connectivity index (χ3n) is 4.64. The highest BCUT2D eigenvalue weighted by Gasteiger charge is 2.33. The second-order valence-corrected chi connectivity index (χ2v) is 9.02. The van der Waals surface area contributed by atoms with Gasteiger partial charge in [-0.1, -0.05) is 6.07 Å². The van der Waals surface area contributed by atoms with E-state index in [2.05, 4.69) is 5.32 Å². The third kappa shape index (κ3) is 5.11. The Morgan fingerprint density at radius 3 is 2.81 bits per heavy atom. The first-order chi connectivity index (χ1) is 12.9. The Labute approximate surface area is 159 Å². The predicted molar refractivity (Wildman–Crippen MR) is 103 cm³/mol. The quantitative estimate of drug-likeness (QED) is 0.777. The van der Waals surface area contributed by atoms with E-state index in [1.165, 1.54) is 0 Å². The molecular weight excluding hydrogens is 368 g/mol. The fourth-order valence-electron chi connectivity index (χ4n) is 3.27. The molecule has 0 radical (unpaired) electrons. The van der Waals surface area contributed by atoms with Gasteiger partial charge in [0.2, 0.25) is 5.91 Å². The van der Waals surface area contributed by atoms with Crippen molar-refractivity contribution in [1.29, 1.82) is 0 Å². The summed E-state index contributed by atoms with van der Waals surface area (Å²) in [5, 5.41) is 2.87. The zero-order valence-electron chi connectivity index (χ0n) is 15.5. The van der Waals surface area contributed by atoms with Crippen LogP contribution in [0.3, 0.4) is 0 Å². The van der Waals surface area contributed by atoms with Crippen molar-refractivity contribution in [3.63, 3.8) is 0 Å². The molecule has 1 saturated heterocycles. The van der Waals surface area contributed by atoms with Crippen LogP contribution in [0, 0.1) is 6.92 Å². The Morgan fingerprint density at radius 2 is 2.19 bits per heavy atom. The van der Waals surface area contributed by atoms with Crippen LogP contribution in [0.4, 0.5) is 5.69 Å². The topological polar surface area (TPSA) is 88.8 Å². The van der Waals surface area contributed by atoms with Crippen molar-refractivity contribution in [2.24, 2.45) is 0 Å². The summed E-state index contributed by atoms with van der Waals surface area (Å²) in [5.74, 6) is 1.26. The highest BCUT2D eigenvalue weighted by atomic mass is 32.2. The average Bonchev–Trinajstić information content (AvgIpc) is 3.23. The van der Waals surface area contributed by atoms with Crippen molar-refractivity contribution in [2.45, 2.75) is 25.9 Å². The third-order valence-corrected chi connectivity index (χ3v) is 6.39. The molecule has 0 saturated carbocycles. The summed E-state index contributed by atoms with van der Waals surface area (Å²) in [6.45, 7) is 2.38. The molecule has 1 amide bonds. The van der Waals surface area contributed by atoms with E-state index < -0.39 is 9.84 Å². The van der Waals surface area contributed by atoms with Crippen LogP contribution < -0.4 is 10.1 Å². The maximum atomic E-state index is 12.7. The van der Waals surface area contributed by atoms with E-state index >= 15 is 0 Å². The molecular formula is C19H24N2O5S. The van der Waals surface area contributed by atoms with Gasteiger partial charge in [-0.3, -0.25) is 9.69 Å². The van der Waals surface area contributed by atoms with E-state index in [0.29, 0.717) is 30.2 Å². The SMILES string of the molecule is COc1ccc(C)cc1NC(=O)CN(Cc1ccco1)[C@@H]1CCS(=O)(=O)C1. The van der Waals surface area contributed by atoms with E-state index in [1.54, 1.807) is 25.5 Å². The number of hydrogen-bond acceptors (Lipinski definition) is 6. The number of rotatable bonds is 7. The van der Waals surface area contributed by atoms with Crippen molar-refractivity contribution < 1.29 is 22.4 Å². The van der Waals surface area contributed by atoms with Crippen LogP contribution in [0.25, 0.3) is 0 Å². The second-order valence-electron chi connectivity index (χ2n) is 6.79. The molecule has 2 heterocycles. The number of amides is 1. The fraction of sp³-hybridized carbons (Fsp3) is 0.421. The summed E-state index contributed by atoms with van der Waals surface area (Å²) in [4.78, 5) is 14.5. The van der Waals surface area contributed by atoms with Gasteiger partial charge in [-0.25, -0.2) is 8.42 Å². The second kappa shape index (κ2) is 8.14. The summed E-state index contributed by atoms with van der Waals surface area (Å²) in [6.07, 6.45) is 2.08. The number of sulfone groups is 1. The van der Waals surface area contributed by atoms with Gasteiger partial charge in [0.05, 0.1) is 43.7 Å². The van der Waals surface area contributed by atoms with E-state index in [1.807, 2.05) is 30.0 Å². The van der Waals surface area contributed by atoms with Crippen molar-refractivity contribution in [3.05, 3.63) is 47.9 Å². The molecule has 0 aliphatic carbocycles. The molecule has 27 heavy (non-hydrogen) atoms. The number of ether oxygens (including phenoxy) is 1. The van der Waals surface area contributed by atoms with E-state index in [-0.39, 0.29) is 30.0 Å². The Balaban J connectivity index is 1.73. The molecule has 7 nitrogen and oxygen atoms in total. The first-order valence-corrected chi connectivity index (χ1v) is 10.6. The number of hydrogen-bond donors (Lipinski definition) is 1. The van der Waals surface area contributed by atoms with Gasteiger partial charge in [0, 0.05) is 6.04 Å². The molecule has 1 aliphatic rings. The molecule has 146 valence electrons. The van der Waals surface area contributed by atoms with E-state index in [4.69, 9.17) is 9.15 Å². The van der Waals surface area contributed by atoms with Crippen molar-refractivity contribution >= 4 is 21.4 Å². The van der Waals surface area contributed by atoms with E-state index in [9.17, 15) is 13.2 Å². The predicted octanol–water partition coefficient (Wildman–Crippen LogP) is 2.22. The molecule has 2 aromatic rings. The maximum absolute atomic E-state index is 12.7. The first kappa shape index (κ1) is 19.4. The summed E-state index contributed by atoms with van der Waals surface area (Å²) in [6, 6.07) is 8.93.